The number of carbonyl (C=O) groups excluding carboxylic acids is 1. The van der Waals surface area contributed by atoms with Crippen LogP contribution in [0.1, 0.15) is 32.1 Å². The Labute approximate surface area is 141 Å². The van der Waals surface area contributed by atoms with Gasteiger partial charge in [-0.05, 0) is 25.0 Å². The second-order valence-corrected chi connectivity index (χ2v) is 8.66. The number of anilines is 2. The molecule has 0 atom stereocenters. The highest BCUT2D eigenvalue weighted by molar-refractivity contribution is 7.92. The van der Waals surface area contributed by atoms with Gasteiger partial charge >= 0.3 is 0 Å². The minimum atomic E-state index is -3.30. The van der Waals surface area contributed by atoms with E-state index in [0.29, 0.717) is 12.8 Å². The number of nitrogens with one attached hydrogen (secondary N) is 1. The van der Waals surface area contributed by atoms with Gasteiger partial charge in [-0.3, -0.25) is 4.79 Å². The number of sulfone groups is 1. The van der Waals surface area contributed by atoms with Gasteiger partial charge in [-0.25, -0.2) is 17.2 Å². The lowest BCUT2D eigenvalue weighted by molar-refractivity contribution is -0.115. The first-order valence-electron chi connectivity index (χ1n) is 7.88. The molecule has 134 valence electrons. The second-order valence-electron chi connectivity index (χ2n) is 6.25. The van der Waals surface area contributed by atoms with Crippen molar-refractivity contribution in [1.82, 2.24) is 0 Å². The molecule has 1 aliphatic rings. The lowest BCUT2D eigenvalue weighted by Crippen LogP contribution is -2.24. The van der Waals surface area contributed by atoms with Crippen molar-refractivity contribution in [3.8, 4) is 0 Å². The van der Waals surface area contributed by atoms with Crippen molar-refractivity contribution >= 4 is 27.1 Å². The Bertz CT molecular complexity index is 691. The first-order chi connectivity index (χ1) is 11.2. The zero-order valence-electron chi connectivity index (χ0n) is 13.8. The summed E-state index contributed by atoms with van der Waals surface area (Å²) in [5.41, 5.74) is -0.226. The lowest BCUT2D eigenvalue weighted by Gasteiger charge is -2.16. The minimum absolute atomic E-state index is 0.0288. The topological polar surface area (TPSA) is 66.5 Å². The van der Waals surface area contributed by atoms with Crippen LogP contribution in [-0.4, -0.2) is 39.4 Å². The molecule has 0 spiro atoms. The van der Waals surface area contributed by atoms with Crippen LogP contribution >= 0.6 is 0 Å². The van der Waals surface area contributed by atoms with Gasteiger partial charge in [0.1, 0.15) is 5.69 Å². The highest BCUT2D eigenvalue weighted by Crippen LogP contribution is 2.27. The molecule has 0 bridgehead atoms. The van der Waals surface area contributed by atoms with Crippen molar-refractivity contribution in [2.45, 2.75) is 37.4 Å². The van der Waals surface area contributed by atoms with Crippen molar-refractivity contribution in [3.63, 3.8) is 0 Å². The van der Waals surface area contributed by atoms with Gasteiger partial charge in [-0.15, -0.1) is 0 Å². The molecule has 1 saturated carbocycles. The first-order valence-corrected chi connectivity index (χ1v) is 9.60. The molecule has 24 heavy (non-hydrogen) atoms. The molecule has 1 aliphatic carbocycles. The number of benzene rings is 1. The summed E-state index contributed by atoms with van der Waals surface area (Å²) in [4.78, 5) is 13.2. The predicted octanol–water partition coefficient (Wildman–Crippen LogP) is 2.72. The number of hydrogen-bond acceptors (Lipinski definition) is 4. The molecule has 5 nitrogen and oxygen atoms in total. The molecule has 2 rings (SSSR count). The fourth-order valence-corrected chi connectivity index (χ4v) is 4.79. The number of halogens is 2. The molecule has 0 unspecified atom stereocenters. The van der Waals surface area contributed by atoms with Crippen LogP contribution in [0.4, 0.5) is 20.2 Å². The van der Waals surface area contributed by atoms with Gasteiger partial charge < -0.3 is 10.2 Å². The number of rotatable bonds is 6. The van der Waals surface area contributed by atoms with E-state index in [9.17, 15) is 22.0 Å². The molecule has 1 amide bonds. The highest BCUT2D eigenvalue weighted by Gasteiger charge is 2.28. The maximum Gasteiger partial charge on any atom is 0.225 e. The van der Waals surface area contributed by atoms with E-state index in [0.717, 1.165) is 25.0 Å². The maximum absolute atomic E-state index is 13.9. The van der Waals surface area contributed by atoms with Gasteiger partial charge in [0.05, 0.1) is 11.0 Å². The van der Waals surface area contributed by atoms with E-state index in [1.165, 1.54) is 19.0 Å². The van der Waals surface area contributed by atoms with E-state index in [1.807, 2.05) is 0 Å². The Morgan fingerprint density at radius 1 is 1.21 bits per heavy atom. The SMILES string of the molecule is CN(C)c1c(F)cc(NC(=O)CCS(=O)(=O)C2CCCC2)cc1F. The average molecular weight is 360 g/mol. The normalized spacial score (nSPS) is 15.5. The minimum Gasteiger partial charge on any atom is -0.373 e. The van der Waals surface area contributed by atoms with E-state index < -0.39 is 27.4 Å². The van der Waals surface area contributed by atoms with E-state index in [-0.39, 0.29) is 28.8 Å². The van der Waals surface area contributed by atoms with Crippen LogP contribution in [0.3, 0.4) is 0 Å². The van der Waals surface area contributed by atoms with Gasteiger partial charge in [-0.1, -0.05) is 12.8 Å². The van der Waals surface area contributed by atoms with Crippen LogP contribution in [0.25, 0.3) is 0 Å². The van der Waals surface area contributed by atoms with E-state index in [1.54, 1.807) is 0 Å². The van der Waals surface area contributed by atoms with Crippen LogP contribution in [0.5, 0.6) is 0 Å². The fraction of sp³-hybridized carbons (Fsp3) is 0.562. The van der Waals surface area contributed by atoms with Crippen LogP contribution in [0.15, 0.2) is 12.1 Å². The Hall–Kier alpha value is -1.70. The van der Waals surface area contributed by atoms with E-state index in [4.69, 9.17) is 0 Å². The summed E-state index contributed by atoms with van der Waals surface area (Å²) >= 11 is 0. The molecule has 1 fully saturated rings. The largest absolute Gasteiger partial charge is 0.373 e. The van der Waals surface area contributed by atoms with Crippen molar-refractivity contribution < 1.29 is 22.0 Å². The Kier molecular flexibility index (Phi) is 5.79. The number of hydrogen-bond donors (Lipinski definition) is 1. The van der Waals surface area contributed by atoms with Crippen molar-refractivity contribution in [3.05, 3.63) is 23.8 Å². The summed E-state index contributed by atoms with van der Waals surface area (Å²) in [5, 5.41) is 1.99. The molecule has 0 aliphatic heterocycles. The van der Waals surface area contributed by atoms with E-state index >= 15 is 0 Å². The Morgan fingerprint density at radius 3 is 2.25 bits per heavy atom. The molecule has 1 N–H and O–H groups in total. The monoisotopic (exact) mass is 360 g/mol. The van der Waals surface area contributed by atoms with E-state index in [2.05, 4.69) is 5.32 Å². The van der Waals surface area contributed by atoms with Crippen LogP contribution < -0.4 is 10.2 Å². The molecule has 0 radical (unpaired) electrons. The quantitative estimate of drug-likeness (QED) is 0.847. The zero-order chi connectivity index (χ0) is 17.9. The number of nitrogens with zero attached hydrogens (tertiary/aromatic N) is 1. The smallest absolute Gasteiger partial charge is 0.225 e. The van der Waals surface area contributed by atoms with Crippen LogP contribution in [0.2, 0.25) is 0 Å². The summed E-state index contributed by atoms with van der Waals surface area (Å²) in [7, 11) is -0.282. The summed E-state index contributed by atoms with van der Waals surface area (Å²) in [5.74, 6) is -2.42. The third-order valence-corrected chi connectivity index (χ3v) is 6.43. The fourth-order valence-electron chi connectivity index (χ4n) is 2.94. The summed E-state index contributed by atoms with van der Waals surface area (Å²) in [6, 6.07) is 2.03. The Morgan fingerprint density at radius 2 is 1.75 bits per heavy atom. The zero-order valence-corrected chi connectivity index (χ0v) is 14.6. The highest BCUT2D eigenvalue weighted by atomic mass is 32.2. The molecular formula is C16H22F2N2O3S. The second kappa shape index (κ2) is 7.46. The number of carbonyl (C=O) groups is 1. The molecular weight excluding hydrogens is 338 g/mol. The van der Waals surface area contributed by atoms with Crippen molar-refractivity contribution in [1.29, 1.82) is 0 Å². The molecule has 1 aromatic rings. The summed E-state index contributed by atoms with van der Waals surface area (Å²) < 4.78 is 51.9. The van der Waals surface area contributed by atoms with Crippen LogP contribution in [0, 0.1) is 11.6 Å². The van der Waals surface area contributed by atoms with Gasteiger partial charge in [0.25, 0.3) is 0 Å². The molecule has 0 aromatic heterocycles. The van der Waals surface area contributed by atoms with Crippen molar-refractivity contribution in [2.75, 3.05) is 30.1 Å². The van der Waals surface area contributed by atoms with Gasteiger partial charge in [0.2, 0.25) is 5.91 Å². The third-order valence-electron chi connectivity index (χ3n) is 4.17. The third kappa shape index (κ3) is 4.43. The van der Waals surface area contributed by atoms with Gasteiger partial charge in [0, 0.05) is 26.2 Å². The Balaban J connectivity index is 1.97. The van der Waals surface area contributed by atoms with Gasteiger partial charge in [-0.2, -0.15) is 0 Å². The van der Waals surface area contributed by atoms with Crippen molar-refractivity contribution in [2.24, 2.45) is 0 Å². The first kappa shape index (κ1) is 18.6. The summed E-state index contributed by atoms with van der Waals surface area (Å²) in [6.07, 6.45) is 2.86. The van der Waals surface area contributed by atoms with Gasteiger partial charge in [0.15, 0.2) is 21.5 Å². The standard InChI is InChI=1S/C16H22F2N2O3S/c1-20(2)16-13(17)9-11(10-14(16)18)19-15(21)7-8-24(22,23)12-5-3-4-6-12/h9-10,12H,3-8H2,1-2H3,(H,19,21). The molecule has 8 heteroatoms. The maximum atomic E-state index is 13.9. The average Bonchev–Trinajstić information content (AvgIpc) is 2.99. The van der Waals surface area contributed by atoms with Crippen LogP contribution in [-0.2, 0) is 14.6 Å². The predicted molar refractivity (Wildman–Crippen MR) is 90.0 cm³/mol. The molecule has 0 heterocycles. The number of amides is 1. The summed E-state index contributed by atoms with van der Waals surface area (Å²) in [6.45, 7) is 0. The molecule has 0 saturated heterocycles. The molecule has 1 aromatic carbocycles. The lowest BCUT2D eigenvalue weighted by atomic mass is 10.2.